The van der Waals surface area contributed by atoms with Gasteiger partial charge in [0, 0.05) is 11.5 Å². The van der Waals surface area contributed by atoms with Crippen LogP contribution in [0.1, 0.15) is 51.7 Å². The molecule has 0 aliphatic heterocycles. The summed E-state index contributed by atoms with van der Waals surface area (Å²) in [6, 6.07) is 7.55. The molecule has 24 heavy (non-hydrogen) atoms. The molecule has 0 bridgehead atoms. The van der Waals surface area contributed by atoms with Gasteiger partial charge in [0.1, 0.15) is 11.2 Å². The van der Waals surface area contributed by atoms with Gasteiger partial charge in [-0.1, -0.05) is 24.3 Å². The molecule has 0 atom stereocenters. The normalized spacial score (nSPS) is 11.9. The zero-order valence-electron chi connectivity index (χ0n) is 14.7. The predicted molar refractivity (Wildman–Crippen MR) is 102 cm³/mol. The summed E-state index contributed by atoms with van der Waals surface area (Å²) < 4.78 is 11.0. The Morgan fingerprint density at radius 3 is 1.33 bits per heavy atom. The molecule has 0 spiro atoms. The lowest BCUT2D eigenvalue weighted by atomic mass is 9.92. The molecule has 1 aromatic carbocycles. The van der Waals surface area contributed by atoms with Gasteiger partial charge in [0.05, 0.1) is 12.8 Å². The number of thiol groups is 2. The van der Waals surface area contributed by atoms with Crippen LogP contribution >= 0.6 is 25.3 Å². The monoisotopic (exact) mass is 370 g/mol. The van der Waals surface area contributed by atoms with Crippen LogP contribution in [0.25, 0.3) is 0 Å². The highest BCUT2D eigenvalue weighted by Crippen LogP contribution is 2.30. The van der Waals surface area contributed by atoms with Gasteiger partial charge in [-0.3, -0.25) is 9.59 Å². The molecule has 0 unspecified atom stereocenters. The van der Waals surface area contributed by atoms with E-state index in [2.05, 4.69) is 25.3 Å². The topological polar surface area (TPSA) is 52.6 Å². The van der Waals surface area contributed by atoms with E-state index in [1.165, 1.54) is 0 Å². The van der Waals surface area contributed by atoms with Crippen molar-refractivity contribution in [2.45, 2.75) is 51.7 Å². The first-order valence-electron chi connectivity index (χ1n) is 7.89. The molecule has 0 aromatic heterocycles. The van der Waals surface area contributed by atoms with Gasteiger partial charge in [0.2, 0.25) is 0 Å². The average molecular weight is 371 g/mol. The highest BCUT2D eigenvalue weighted by atomic mass is 32.1. The number of rotatable bonds is 8. The molecule has 134 valence electrons. The van der Waals surface area contributed by atoms with Crippen molar-refractivity contribution in [3.05, 3.63) is 35.4 Å². The van der Waals surface area contributed by atoms with Gasteiger partial charge in [0.15, 0.2) is 0 Å². The van der Waals surface area contributed by atoms with Crippen LogP contribution in [-0.4, -0.2) is 23.4 Å². The summed E-state index contributed by atoms with van der Waals surface area (Å²) in [4.78, 5) is 23.4. The molecule has 0 amide bonds. The molecule has 0 fully saturated rings. The first-order chi connectivity index (χ1) is 11.1. The van der Waals surface area contributed by atoms with Crippen molar-refractivity contribution in [1.82, 2.24) is 0 Å². The lowest BCUT2D eigenvalue weighted by Crippen LogP contribution is -2.27. The fraction of sp³-hybridized carbons (Fsp3) is 0.556. The van der Waals surface area contributed by atoms with E-state index in [1.54, 1.807) is 0 Å². The minimum absolute atomic E-state index is 0.277. The maximum absolute atomic E-state index is 11.7. The minimum Gasteiger partial charge on any atom is -0.455 e. The summed E-state index contributed by atoms with van der Waals surface area (Å²) in [5.74, 6) is 0.361. The van der Waals surface area contributed by atoms with Crippen molar-refractivity contribution in [3.63, 3.8) is 0 Å². The van der Waals surface area contributed by atoms with Crippen molar-refractivity contribution in [1.29, 1.82) is 0 Å². The van der Waals surface area contributed by atoms with Gasteiger partial charge >= 0.3 is 11.9 Å². The second-order valence-corrected chi connectivity index (χ2v) is 7.39. The summed E-state index contributed by atoms with van der Waals surface area (Å²) in [5.41, 5.74) is 0.282. The fourth-order valence-electron chi connectivity index (χ4n) is 2.24. The van der Waals surface area contributed by atoms with Gasteiger partial charge < -0.3 is 9.47 Å². The van der Waals surface area contributed by atoms with E-state index in [4.69, 9.17) is 9.47 Å². The molecular weight excluding hydrogens is 344 g/mol. The third-order valence-corrected chi connectivity index (χ3v) is 4.09. The van der Waals surface area contributed by atoms with Gasteiger partial charge in [-0.2, -0.15) is 25.3 Å². The molecule has 1 aromatic rings. The molecule has 0 N–H and O–H groups in total. The molecule has 0 radical (unpaired) electrons. The van der Waals surface area contributed by atoms with E-state index in [9.17, 15) is 9.59 Å². The number of esters is 2. The summed E-state index contributed by atoms with van der Waals surface area (Å²) in [7, 11) is 0. The molecule has 0 aliphatic rings. The Bertz CT molecular complexity index is 514. The van der Waals surface area contributed by atoms with Gasteiger partial charge in [0.25, 0.3) is 0 Å². The zero-order chi connectivity index (χ0) is 18.4. The van der Waals surface area contributed by atoms with E-state index in [-0.39, 0.29) is 24.8 Å². The highest BCUT2D eigenvalue weighted by molar-refractivity contribution is 7.80. The number of carbonyl (C=O) groups is 2. The standard InChI is InChI=1S/C18H26O4S2/c1-17(2,21-15(19)9-11-23)13-5-7-14(8-6-13)18(3,4)22-16(20)10-12-24/h5-8,23-24H,9-12H2,1-4H3. The highest BCUT2D eigenvalue weighted by Gasteiger charge is 2.28. The van der Waals surface area contributed by atoms with Crippen molar-refractivity contribution >= 4 is 37.2 Å². The minimum atomic E-state index is -0.731. The van der Waals surface area contributed by atoms with E-state index < -0.39 is 11.2 Å². The van der Waals surface area contributed by atoms with Crippen LogP contribution in [0.3, 0.4) is 0 Å². The largest absolute Gasteiger partial charge is 0.455 e. The number of hydrogen-bond donors (Lipinski definition) is 2. The maximum Gasteiger partial charge on any atom is 0.307 e. The first kappa shape index (κ1) is 20.9. The van der Waals surface area contributed by atoms with Crippen LogP contribution in [0.4, 0.5) is 0 Å². The van der Waals surface area contributed by atoms with Crippen molar-refractivity contribution in [2.24, 2.45) is 0 Å². The lowest BCUT2D eigenvalue weighted by Gasteiger charge is -2.28. The van der Waals surface area contributed by atoms with E-state index >= 15 is 0 Å². The quantitative estimate of drug-likeness (QED) is 0.539. The zero-order valence-corrected chi connectivity index (χ0v) is 16.5. The number of ether oxygens (including phenoxy) is 2. The van der Waals surface area contributed by atoms with Gasteiger partial charge in [-0.15, -0.1) is 0 Å². The van der Waals surface area contributed by atoms with Crippen LogP contribution in [-0.2, 0) is 30.3 Å². The first-order valence-corrected chi connectivity index (χ1v) is 9.15. The molecule has 0 saturated heterocycles. The second kappa shape index (κ2) is 8.81. The number of carbonyl (C=O) groups excluding carboxylic acids is 2. The Kier molecular flexibility index (Phi) is 7.67. The summed E-state index contributed by atoms with van der Waals surface area (Å²) in [6.07, 6.45) is 0.553. The smallest absolute Gasteiger partial charge is 0.307 e. The Hall–Kier alpha value is -1.14. The molecule has 6 heteroatoms. The Labute approximate surface area is 155 Å². The van der Waals surface area contributed by atoms with Crippen LogP contribution in [0.5, 0.6) is 0 Å². The van der Waals surface area contributed by atoms with Gasteiger partial charge in [-0.05, 0) is 38.8 Å². The lowest BCUT2D eigenvalue weighted by molar-refractivity contribution is -0.158. The molecule has 0 aliphatic carbocycles. The summed E-state index contributed by atoms with van der Waals surface area (Å²) in [5, 5.41) is 0. The predicted octanol–water partition coefficient (Wildman–Crippen LogP) is 3.88. The van der Waals surface area contributed by atoms with Crippen LogP contribution in [0, 0.1) is 0 Å². The third-order valence-electron chi connectivity index (χ3n) is 3.65. The second-order valence-electron chi connectivity index (χ2n) is 6.49. The molecule has 1 rings (SSSR count). The van der Waals surface area contributed by atoms with Crippen LogP contribution in [0.15, 0.2) is 24.3 Å². The molecule has 0 saturated carbocycles. The van der Waals surface area contributed by atoms with Crippen LogP contribution < -0.4 is 0 Å². The summed E-state index contributed by atoms with van der Waals surface area (Å²) in [6.45, 7) is 7.37. The van der Waals surface area contributed by atoms with E-state index in [0.29, 0.717) is 11.5 Å². The molecule has 0 heterocycles. The third kappa shape index (κ3) is 6.06. The Morgan fingerprint density at radius 1 is 0.792 bits per heavy atom. The maximum atomic E-state index is 11.7. The van der Waals surface area contributed by atoms with E-state index in [1.807, 2.05) is 52.0 Å². The SMILES string of the molecule is CC(C)(OC(=O)CCS)c1ccc(C(C)(C)OC(=O)CCS)cc1. The van der Waals surface area contributed by atoms with Crippen molar-refractivity contribution < 1.29 is 19.1 Å². The van der Waals surface area contributed by atoms with Crippen molar-refractivity contribution in [3.8, 4) is 0 Å². The Morgan fingerprint density at radius 2 is 1.08 bits per heavy atom. The molecular formula is C18H26O4S2. The number of benzene rings is 1. The van der Waals surface area contributed by atoms with Crippen LogP contribution in [0.2, 0.25) is 0 Å². The Balaban J connectivity index is 2.87. The van der Waals surface area contributed by atoms with E-state index in [0.717, 1.165) is 11.1 Å². The van der Waals surface area contributed by atoms with Gasteiger partial charge in [-0.25, -0.2) is 0 Å². The number of hydrogen-bond acceptors (Lipinski definition) is 6. The fourth-order valence-corrected chi connectivity index (χ4v) is 2.61. The molecule has 4 nitrogen and oxygen atoms in total. The average Bonchev–Trinajstić information content (AvgIpc) is 2.46. The van der Waals surface area contributed by atoms with Crippen molar-refractivity contribution in [2.75, 3.05) is 11.5 Å². The summed E-state index contributed by atoms with van der Waals surface area (Å²) >= 11 is 8.07.